The summed E-state index contributed by atoms with van der Waals surface area (Å²) in [5, 5.41) is 31.3. The topological polar surface area (TPSA) is 116 Å². The normalized spacial score (nSPS) is 21.3. The summed E-state index contributed by atoms with van der Waals surface area (Å²) >= 11 is 0. The smallest absolute Gasteiger partial charge is 0.379 e. The van der Waals surface area contributed by atoms with Crippen molar-refractivity contribution >= 4 is 17.3 Å². The van der Waals surface area contributed by atoms with Gasteiger partial charge in [0.1, 0.15) is 11.9 Å². The van der Waals surface area contributed by atoms with Crippen LogP contribution < -0.4 is 10.2 Å². The van der Waals surface area contributed by atoms with Gasteiger partial charge in [0.2, 0.25) is 0 Å². The number of alkyl halides is 3. The second-order valence-electron chi connectivity index (χ2n) is 8.88. The van der Waals surface area contributed by atoms with Crippen LogP contribution in [0.3, 0.4) is 0 Å². The minimum absolute atomic E-state index is 0.0730. The van der Waals surface area contributed by atoms with E-state index in [9.17, 15) is 32.7 Å². The number of carbonyl (C=O) groups excluding carboxylic acids is 1. The lowest BCUT2D eigenvalue weighted by molar-refractivity contribution is -0.138. The highest BCUT2D eigenvalue weighted by Crippen LogP contribution is 2.39. The molecule has 2 bridgehead atoms. The summed E-state index contributed by atoms with van der Waals surface area (Å²) in [5.41, 5.74) is -3.37. The molecule has 3 aliphatic rings. The first-order valence-corrected chi connectivity index (χ1v) is 10.6. The number of hydrogen-bond acceptors (Lipinski definition) is 7. The Morgan fingerprint density at radius 2 is 1.91 bits per heavy atom. The molecule has 35 heavy (non-hydrogen) atoms. The molecule has 0 saturated carbocycles. The number of piperidine rings is 1. The second kappa shape index (κ2) is 8.80. The highest BCUT2D eigenvalue weighted by molar-refractivity contribution is 5.97. The highest BCUT2D eigenvalue weighted by atomic mass is 19.4. The molecule has 3 aliphatic heterocycles. The maximum atomic E-state index is 13.7. The van der Waals surface area contributed by atoms with Crippen LogP contribution in [0.15, 0.2) is 30.5 Å². The molecule has 12 heteroatoms. The standard InChI is InChI=1S/C23H20F4N6O2/c1-22(35,21(34)31-15-3-2-13(7-28)18(5-15)23(25,26)27)12-32-10-16-6-17(11-32)33(16)20-4-14(24)9-30-19(20)8-29/h2-5,9,16-17,35H,6,10-12H2,1H3,(H,31,34). The number of hydrogen-bond donors (Lipinski definition) is 2. The Bertz CT molecular complexity index is 1240. The first kappa shape index (κ1) is 24.4. The fourth-order valence-electron chi connectivity index (χ4n) is 4.66. The summed E-state index contributed by atoms with van der Waals surface area (Å²) in [4.78, 5) is 20.3. The number of benzene rings is 1. The lowest BCUT2D eigenvalue weighted by Crippen LogP contribution is -2.70. The zero-order valence-corrected chi connectivity index (χ0v) is 18.5. The molecule has 2 aromatic rings. The fraction of sp³-hybridized carbons (Fsp3) is 0.391. The second-order valence-corrected chi connectivity index (χ2v) is 8.88. The van der Waals surface area contributed by atoms with Crippen molar-refractivity contribution in [3.8, 4) is 12.1 Å². The molecule has 1 aromatic heterocycles. The molecule has 1 aromatic carbocycles. The van der Waals surface area contributed by atoms with Crippen LogP contribution in [0.1, 0.15) is 30.2 Å². The molecule has 1 amide bonds. The van der Waals surface area contributed by atoms with Crippen molar-refractivity contribution in [3.05, 3.63) is 53.1 Å². The van der Waals surface area contributed by atoms with Gasteiger partial charge in [-0.2, -0.15) is 23.7 Å². The van der Waals surface area contributed by atoms with E-state index in [4.69, 9.17) is 5.26 Å². The van der Waals surface area contributed by atoms with E-state index in [0.717, 1.165) is 24.8 Å². The van der Waals surface area contributed by atoms with E-state index in [1.165, 1.54) is 19.1 Å². The van der Waals surface area contributed by atoms with Gasteiger partial charge in [0.05, 0.1) is 29.1 Å². The summed E-state index contributed by atoms with van der Waals surface area (Å²) in [6, 6.07) is 7.31. The Hall–Kier alpha value is -3.74. The lowest BCUT2D eigenvalue weighted by Gasteiger charge is -2.58. The summed E-state index contributed by atoms with van der Waals surface area (Å²) in [6.45, 7) is 2.03. The number of nitrogens with one attached hydrogen (secondary N) is 1. The van der Waals surface area contributed by atoms with Crippen LogP contribution in [0.5, 0.6) is 0 Å². The summed E-state index contributed by atoms with van der Waals surface area (Å²) < 4.78 is 53.3. The number of pyridine rings is 1. The number of nitriles is 2. The van der Waals surface area contributed by atoms with Crippen molar-refractivity contribution in [3.63, 3.8) is 0 Å². The summed E-state index contributed by atoms with van der Waals surface area (Å²) in [6.07, 6.45) is -3.01. The van der Waals surface area contributed by atoms with Gasteiger partial charge in [-0.3, -0.25) is 9.69 Å². The Labute approximate surface area is 198 Å². The number of amides is 1. The first-order chi connectivity index (χ1) is 16.4. The van der Waals surface area contributed by atoms with Crippen LogP contribution in [-0.4, -0.2) is 58.2 Å². The molecule has 3 fully saturated rings. The lowest BCUT2D eigenvalue weighted by atomic mass is 9.85. The zero-order valence-electron chi connectivity index (χ0n) is 18.5. The Morgan fingerprint density at radius 1 is 1.23 bits per heavy atom. The first-order valence-electron chi connectivity index (χ1n) is 10.6. The molecule has 5 rings (SSSR count). The predicted octanol–water partition coefficient (Wildman–Crippen LogP) is 2.64. The van der Waals surface area contributed by atoms with E-state index in [1.807, 2.05) is 15.9 Å². The average molecular weight is 488 g/mol. The van der Waals surface area contributed by atoms with E-state index in [2.05, 4.69) is 10.3 Å². The van der Waals surface area contributed by atoms with Crippen LogP contribution in [0.2, 0.25) is 0 Å². The molecular formula is C23H20F4N6O2. The van der Waals surface area contributed by atoms with Gasteiger partial charge >= 0.3 is 6.18 Å². The molecule has 3 atom stereocenters. The van der Waals surface area contributed by atoms with Crippen LogP contribution in [0.25, 0.3) is 0 Å². The van der Waals surface area contributed by atoms with E-state index in [0.29, 0.717) is 24.8 Å². The quantitative estimate of drug-likeness (QED) is 0.622. The summed E-state index contributed by atoms with van der Waals surface area (Å²) in [5.74, 6) is -1.45. The Balaban J connectivity index is 1.42. The maximum absolute atomic E-state index is 13.7. The van der Waals surface area contributed by atoms with E-state index in [-0.39, 0.29) is 30.0 Å². The summed E-state index contributed by atoms with van der Waals surface area (Å²) in [7, 11) is 0. The van der Waals surface area contributed by atoms with Gasteiger partial charge in [-0.1, -0.05) is 0 Å². The number of fused-ring (bicyclic) bond motifs is 2. The molecule has 3 unspecified atom stereocenters. The molecule has 0 radical (unpaired) electrons. The maximum Gasteiger partial charge on any atom is 0.417 e. The predicted molar refractivity (Wildman–Crippen MR) is 115 cm³/mol. The molecule has 0 spiro atoms. The number of aliphatic hydroxyl groups is 1. The number of piperazine rings is 1. The minimum Gasteiger partial charge on any atom is -0.379 e. The molecule has 8 nitrogen and oxygen atoms in total. The zero-order chi connectivity index (χ0) is 25.5. The number of rotatable bonds is 5. The molecular weight excluding hydrogens is 468 g/mol. The van der Waals surface area contributed by atoms with Crippen LogP contribution >= 0.6 is 0 Å². The molecule has 2 N–H and O–H groups in total. The number of aromatic nitrogens is 1. The largest absolute Gasteiger partial charge is 0.417 e. The van der Waals surface area contributed by atoms with Crippen LogP contribution in [-0.2, 0) is 11.0 Å². The van der Waals surface area contributed by atoms with Gasteiger partial charge in [0.25, 0.3) is 5.91 Å². The van der Waals surface area contributed by atoms with E-state index >= 15 is 0 Å². The highest BCUT2D eigenvalue weighted by Gasteiger charge is 2.47. The molecule has 3 saturated heterocycles. The van der Waals surface area contributed by atoms with Crippen molar-refractivity contribution in [1.82, 2.24) is 9.88 Å². The molecule has 4 heterocycles. The number of halogens is 4. The van der Waals surface area contributed by atoms with Gasteiger partial charge < -0.3 is 15.3 Å². The van der Waals surface area contributed by atoms with E-state index < -0.39 is 34.6 Å². The number of carbonyl (C=O) groups is 1. The van der Waals surface area contributed by atoms with Crippen molar-refractivity contribution in [1.29, 1.82) is 10.5 Å². The van der Waals surface area contributed by atoms with Gasteiger partial charge in [0.15, 0.2) is 11.3 Å². The average Bonchev–Trinajstić information content (AvgIpc) is 2.78. The van der Waals surface area contributed by atoms with Crippen molar-refractivity contribution in [2.24, 2.45) is 0 Å². The minimum atomic E-state index is -4.78. The van der Waals surface area contributed by atoms with Crippen LogP contribution in [0, 0.1) is 28.5 Å². The third-order valence-corrected chi connectivity index (χ3v) is 6.21. The van der Waals surface area contributed by atoms with Gasteiger partial charge in [-0.15, -0.1) is 0 Å². The van der Waals surface area contributed by atoms with Crippen molar-refractivity contribution in [2.45, 2.75) is 37.2 Å². The number of nitrogens with zero attached hydrogens (tertiary/aromatic N) is 5. The SMILES string of the molecule is CC(O)(CN1CC2CC(C1)N2c1cc(F)cnc1C#N)C(=O)Nc1ccc(C#N)c(C(F)(F)F)c1. The molecule has 0 aliphatic carbocycles. The van der Waals surface area contributed by atoms with Crippen molar-refractivity contribution in [2.75, 3.05) is 29.9 Å². The van der Waals surface area contributed by atoms with Crippen LogP contribution in [0.4, 0.5) is 28.9 Å². The van der Waals surface area contributed by atoms with E-state index in [1.54, 1.807) is 0 Å². The van der Waals surface area contributed by atoms with Crippen molar-refractivity contribution < 1.29 is 27.5 Å². The monoisotopic (exact) mass is 488 g/mol. The Kier molecular flexibility index (Phi) is 6.13. The Morgan fingerprint density at radius 3 is 2.51 bits per heavy atom. The van der Waals surface area contributed by atoms with Gasteiger partial charge in [-0.25, -0.2) is 9.37 Å². The third kappa shape index (κ3) is 4.76. The third-order valence-electron chi connectivity index (χ3n) is 6.21. The van der Waals surface area contributed by atoms with Gasteiger partial charge in [0, 0.05) is 43.5 Å². The number of anilines is 2. The van der Waals surface area contributed by atoms with Gasteiger partial charge in [-0.05, 0) is 31.5 Å². The molecule has 182 valence electrons. The fourth-order valence-corrected chi connectivity index (χ4v) is 4.66.